The Hall–Kier alpha value is -5.53. The van der Waals surface area contributed by atoms with E-state index < -0.39 is 35.7 Å². The lowest BCUT2D eigenvalue weighted by molar-refractivity contribution is 0.0127. The zero-order chi connectivity index (χ0) is 37.3. The molecule has 1 aliphatic rings. The first-order valence-electron chi connectivity index (χ1n) is 16.8. The number of ether oxygens (including phenoxy) is 6. The molecule has 52 heavy (non-hydrogen) atoms. The summed E-state index contributed by atoms with van der Waals surface area (Å²) in [6.45, 7) is 5.74. The number of hydrogen-bond acceptors (Lipinski definition) is 11. The van der Waals surface area contributed by atoms with Crippen molar-refractivity contribution in [1.82, 2.24) is 15.2 Å². The van der Waals surface area contributed by atoms with Gasteiger partial charge in [-0.1, -0.05) is 18.2 Å². The second-order valence-corrected chi connectivity index (χ2v) is 13.2. The minimum atomic E-state index is -0.778. The Labute approximate surface area is 302 Å². The molecule has 1 fully saturated rings. The van der Waals surface area contributed by atoms with Crippen LogP contribution in [-0.2, 0) is 18.9 Å². The van der Waals surface area contributed by atoms with E-state index in [1.54, 1.807) is 69.4 Å². The van der Waals surface area contributed by atoms with E-state index in [4.69, 9.17) is 28.4 Å². The number of ketones is 1. The molecule has 0 radical (unpaired) electrons. The fourth-order valence-corrected chi connectivity index (χ4v) is 5.62. The quantitative estimate of drug-likeness (QED) is 0.108. The third kappa shape index (κ3) is 9.83. The summed E-state index contributed by atoms with van der Waals surface area (Å²) < 4.78 is 32.7. The van der Waals surface area contributed by atoms with E-state index in [1.807, 2.05) is 6.07 Å². The van der Waals surface area contributed by atoms with Gasteiger partial charge in [-0.2, -0.15) is 0 Å². The van der Waals surface area contributed by atoms with E-state index in [1.165, 1.54) is 43.4 Å². The number of methoxy groups -OCH3 is 2. The fourth-order valence-electron chi connectivity index (χ4n) is 5.62. The number of likely N-dealkylation sites (tertiary alicyclic amines) is 1. The van der Waals surface area contributed by atoms with E-state index in [-0.39, 0.29) is 31.5 Å². The van der Waals surface area contributed by atoms with E-state index >= 15 is 0 Å². The van der Waals surface area contributed by atoms with Crippen LogP contribution in [0.4, 0.5) is 4.79 Å². The van der Waals surface area contributed by atoms with Gasteiger partial charge in [0.05, 0.1) is 22.7 Å². The van der Waals surface area contributed by atoms with Crippen LogP contribution < -0.4 is 14.8 Å². The van der Waals surface area contributed by atoms with Crippen LogP contribution in [-0.4, -0.2) is 92.3 Å². The van der Waals surface area contributed by atoms with Crippen molar-refractivity contribution in [3.8, 4) is 11.5 Å². The van der Waals surface area contributed by atoms with Crippen LogP contribution >= 0.6 is 0 Å². The molecule has 0 aliphatic carbocycles. The largest absolute Gasteiger partial charge is 0.468 e. The Morgan fingerprint density at radius 3 is 2.23 bits per heavy atom. The summed E-state index contributed by atoms with van der Waals surface area (Å²) in [4.78, 5) is 59.6. The van der Waals surface area contributed by atoms with Crippen LogP contribution in [0.1, 0.15) is 70.3 Å². The zero-order valence-electron chi connectivity index (χ0n) is 29.9. The standard InChI is InChI=1S/C39H43N3O10/c1-39(2,3)52-38(46)42-19-7-9-33(32(22-42)41-36(44)26-14-16-29(17-15-26)49-23-47-4)51-37(45)27-12-10-25(11-13-27)35(43)30-21-31-28(8-6-18-40-31)20-34(30)50-24-48-5/h6,8,10-18,20-21,32-33H,7,9,19,22-24H2,1-5H3,(H,41,44)/t32-,33-/m1/s1. The van der Waals surface area contributed by atoms with Crippen molar-refractivity contribution in [3.05, 3.63) is 101 Å². The van der Waals surface area contributed by atoms with Gasteiger partial charge in [-0.25, -0.2) is 9.59 Å². The van der Waals surface area contributed by atoms with Crippen LogP contribution in [0.25, 0.3) is 10.9 Å². The summed E-state index contributed by atoms with van der Waals surface area (Å²) in [7, 11) is 3.00. The number of nitrogens with zero attached hydrogens (tertiary/aromatic N) is 2. The van der Waals surface area contributed by atoms with Crippen molar-refractivity contribution < 1.29 is 47.6 Å². The Bertz CT molecular complexity index is 1870. The molecule has 3 aromatic carbocycles. The molecule has 2 amide bonds. The second kappa shape index (κ2) is 17.1. The number of pyridine rings is 1. The second-order valence-electron chi connectivity index (χ2n) is 13.2. The topological polar surface area (TPSA) is 152 Å². The maximum Gasteiger partial charge on any atom is 0.410 e. The molecule has 2 atom stereocenters. The molecule has 0 spiro atoms. The van der Waals surface area contributed by atoms with Crippen LogP contribution in [0.15, 0.2) is 79.0 Å². The first-order valence-corrected chi connectivity index (χ1v) is 16.8. The number of esters is 1. The van der Waals surface area contributed by atoms with E-state index in [2.05, 4.69) is 10.3 Å². The summed E-state index contributed by atoms with van der Waals surface area (Å²) in [6, 6.07) is 18.9. The molecule has 0 saturated carbocycles. The smallest absolute Gasteiger partial charge is 0.410 e. The number of benzene rings is 3. The van der Waals surface area contributed by atoms with Crippen LogP contribution in [0.2, 0.25) is 0 Å². The lowest BCUT2D eigenvalue weighted by atomic mass is 9.99. The number of carbonyl (C=O) groups excluding carboxylic acids is 4. The normalized spacial score (nSPS) is 16.1. The third-order valence-electron chi connectivity index (χ3n) is 8.13. The van der Waals surface area contributed by atoms with Gasteiger partial charge < -0.3 is 38.6 Å². The molecule has 1 N–H and O–H groups in total. The summed E-state index contributed by atoms with van der Waals surface area (Å²) in [5, 5.41) is 3.77. The minimum Gasteiger partial charge on any atom is -0.468 e. The van der Waals surface area contributed by atoms with Gasteiger partial charge in [0, 0.05) is 50.0 Å². The maximum absolute atomic E-state index is 13.7. The van der Waals surface area contributed by atoms with Crippen molar-refractivity contribution in [2.45, 2.75) is 51.4 Å². The van der Waals surface area contributed by atoms with Gasteiger partial charge in [-0.15, -0.1) is 0 Å². The number of carbonyl (C=O) groups is 4. The van der Waals surface area contributed by atoms with Gasteiger partial charge >= 0.3 is 12.1 Å². The minimum absolute atomic E-state index is 0.0505. The summed E-state index contributed by atoms with van der Waals surface area (Å²) in [5.41, 5.74) is 1.07. The molecular weight excluding hydrogens is 670 g/mol. The SMILES string of the molecule is COCOc1ccc(C(=O)N[C@@H]2CN(C(=O)OC(C)(C)C)CCC[C@H]2OC(=O)c2ccc(C(=O)c3cc4ncccc4cc3OCOC)cc2)cc1. The van der Waals surface area contributed by atoms with Crippen molar-refractivity contribution in [1.29, 1.82) is 0 Å². The average molecular weight is 714 g/mol. The molecular formula is C39H43N3O10. The maximum atomic E-state index is 13.7. The Morgan fingerprint density at radius 2 is 1.54 bits per heavy atom. The van der Waals surface area contributed by atoms with Gasteiger partial charge in [0.2, 0.25) is 0 Å². The van der Waals surface area contributed by atoms with E-state index in [0.717, 1.165) is 5.39 Å². The molecule has 4 aromatic rings. The highest BCUT2D eigenvalue weighted by Crippen LogP contribution is 2.28. The van der Waals surface area contributed by atoms with Gasteiger partial charge in [0.15, 0.2) is 19.4 Å². The summed E-state index contributed by atoms with van der Waals surface area (Å²) >= 11 is 0. The predicted octanol–water partition coefficient (Wildman–Crippen LogP) is 5.79. The van der Waals surface area contributed by atoms with E-state index in [9.17, 15) is 19.2 Å². The van der Waals surface area contributed by atoms with Crippen LogP contribution in [0.5, 0.6) is 11.5 Å². The lowest BCUT2D eigenvalue weighted by Crippen LogP contribution is -2.51. The monoisotopic (exact) mass is 713 g/mol. The predicted molar refractivity (Wildman–Crippen MR) is 191 cm³/mol. The van der Waals surface area contributed by atoms with Gasteiger partial charge in [0.25, 0.3) is 5.91 Å². The van der Waals surface area contributed by atoms with Crippen LogP contribution in [0, 0.1) is 0 Å². The number of hydrogen-bond donors (Lipinski definition) is 1. The molecule has 2 heterocycles. The molecule has 1 saturated heterocycles. The number of nitrogens with one attached hydrogen (secondary N) is 1. The lowest BCUT2D eigenvalue weighted by Gasteiger charge is -2.30. The van der Waals surface area contributed by atoms with Crippen molar-refractivity contribution in [2.24, 2.45) is 0 Å². The molecule has 1 aromatic heterocycles. The van der Waals surface area contributed by atoms with E-state index in [0.29, 0.717) is 53.1 Å². The van der Waals surface area contributed by atoms with Crippen LogP contribution in [0.3, 0.4) is 0 Å². The molecule has 1 aliphatic heterocycles. The van der Waals surface area contributed by atoms with Crippen molar-refractivity contribution in [2.75, 3.05) is 40.9 Å². The Morgan fingerprint density at radius 1 is 0.865 bits per heavy atom. The highest BCUT2D eigenvalue weighted by molar-refractivity contribution is 6.12. The molecule has 0 unspecified atom stereocenters. The Kier molecular flexibility index (Phi) is 12.4. The highest BCUT2D eigenvalue weighted by atomic mass is 16.7. The fraction of sp³-hybridized carbons (Fsp3) is 0.359. The molecule has 0 bridgehead atoms. The summed E-state index contributed by atoms with van der Waals surface area (Å²) in [6.07, 6.45) is 1.20. The highest BCUT2D eigenvalue weighted by Gasteiger charge is 2.35. The molecule has 274 valence electrons. The molecule has 13 heteroatoms. The number of fused-ring (bicyclic) bond motifs is 1. The number of rotatable bonds is 12. The number of aromatic nitrogens is 1. The first kappa shape index (κ1) is 37.7. The zero-order valence-corrected chi connectivity index (χ0v) is 29.9. The molecule has 13 nitrogen and oxygen atoms in total. The number of amides is 2. The van der Waals surface area contributed by atoms with Gasteiger partial charge in [-0.3, -0.25) is 14.6 Å². The summed E-state index contributed by atoms with van der Waals surface area (Å²) in [5.74, 6) is -0.528. The van der Waals surface area contributed by atoms with Gasteiger partial charge in [0.1, 0.15) is 23.2 Å². The average Bonchev–Trinajstić information content (AvgIpc) is 3.33. The Balaban J connectivity index is 1.33. The first-order chi connectivity index (χ1) is 25.0. The van der Waals surface area contributed by atoms with Gasteiger partial charge in [-0.05, 0) is 88.2 Å². The van der Waals surface area contributed by atoms with Crippen molar-refractivity contribution in [3.63, 3.8) is 0 Å². The molecule has 5 rings (SSSR count). The third-order valence-corrected chi connectivity index (χ3v) is 8.13. The van der Waals surface area contributed by atoms with Crippen molar-refractivity contribution >= 4 is 34.7 Å².